The van der Waals surface area contributed by atoms with Crippen LogP contribution in [0.1, 0.15) is 34.5 Å². The first-order chi connectivity index (χ1) is 5.74. The van der Waals surface area contributed by atoms with E-state index in [2.05, 4.69) is 18.7 Å². The summed E-state index contributed by atoms with van der Waals surface area (Å²) in [6.07, 6.45) is 4.41. The van der Waals surface area contributed by atoms with Gasteiger partial charge in [0, 0.05) is 14.5 Å². The van der Waals surface area contributed by atoms with Crippen LogP contribution in [0, 0.1) is 17.8 Å². The van der Waals surface area contributed by atoms with Crippen molar-refractivity contribution in [2.45, 2.75) is 33.1 Å². The zero-order valence-corrected chi connectivity index (χ0v) is 8.83. The molecule has 0 N–H and O–H groups in total. The summed E-state index contributed by atoms with van der Waals surface area (Å²) in [5, 5.41) is 0. The predicted octanol–water partition coefficient (Wildman–Crippen LogP) is 2.77. The van der Waals surface area contributed by atoms with Gasteiger partial charge in [-0.1, -0.05) is 13.8 Å². The van der Waals surface area contributed by atoms with E-state index in [0.29, 0.717) is 0 Å². The van der Waals surface area contributed by atoms with Crippen molar-refractivity contribution in [3.8, 4) is 0 Å². The number of nitrogens with zero attached hydrogens (tertiary/aromatic N) is 1. The molecular formula is C11H24FN. The lowest BCUT2D eigenvalue weighted by Gasteiger charge is -2.35. The average molecular weight is 189 g/mol. The summed E-state index contributed by atoms with van der Waals surface area (Å²) in [4.78, 5) is 2.67. The number of halogens is 1. The largest absolute Gasteiger partial charge is 0.303 e. The van der Waals surface area contributed by atoms with Crippen LogP contribution in [0.25, 0.3) is 0 Å². The molecule has 0 radical (unpaired) electrons. The van der Waals surface area contributed by atoms with Crippen LogP contribution in [0.4, 0.5) is 4.70 Å². The SMILES string of the molecule is CC1CC(CN2CC[C@H](C)C2)C1.F.[HH]. The fourth-order valence-corrected chi connectivity index (χ4v) is 2.78. The fraction of sp³-hybridized carbons (Fsp3) is 1.00. The topological polar surface area (TPSA) is 3.24 Å². The summed E-state index contributed by atoms with van der Waals surface area (Å²) < 4.78 is 0. The highest BCUT2D eigenvalue weighted by Gasteiger charge is 2.29. The lowest BCUT2D eigenvalue weighted by molar-refractivity contribution is 0.148. The first-order valence-corrected chi connectivity index (χ1v) is 5.46. The number of hydrogen-bond donors (Lipinski definition) is 0. The van der Waals surface area contributed by atoms with Gasteiger partial charge in [0.15, 0.2) is 0 Å². The second-order valence-corrected chi connectivity index (χ2v) is 5.10. The Kier molecular flexibility index (Phi) is 3.72. The van der Waals surface area contributed by atoms with Crippen molar-refractivity contribution in [3.05, 3.63) is 0 Å². The molecule has 13 heavy (non-hydrogen) atoms. The molecule has 1 aliphatic heterocycles. The standard InChI is InChI=1S/C11H21N.FH.H2/c1-9-3-4-12(7-9)8-11-5-10(2)6-11;;/h9-11H,3-8H2,1-2H3;2*1H/t9-,10?,11?;;/m0../s1. The maximum atomic E-state index is 2.67. The van der Waals surface area contributed by atoms with Crippen LogP contribution in [0.15, 0.2) is 0 Å². The summed E-state index contributed by atoms with van der Waals surface area (Å²) in [5.41, 5.74) is 0. The molecule has 1 nitrogen and oxygen atoms in total. The molecule has 0 aromatic carbocycles. The second-order valence-electron chi connectivity index (χ2n) is 5.10. The Morgan fingerprint density at radius 1 is 1.23 bits per heavy atom. The van der Waals surface area contributed by atoms with Gasteiger partial charge in [-0.2, -0.15) is 0 Å². The maximum Gasteiger partial charge on any atom is 0.000997 e. The minimum absolute atomic E-state index is 0. The highest BCUT2D eigenvalue weighted by atomic mass is 19.0. The molecule has 1 saturated heterocycles. The molecule has 0 aromatic rings. The fourth-order valence-electron chi connectivity index (χ4n) is 2.78. The zero-order chi connectivity index (χ0) is 8.55. The van der Waals surface area contributed by atoms with Crippen molar-refractivity contribution in [2.24, 2.45) is 17.8 Å². The number of rotatable bonds is 2. The lowest BCUT2D eigenvalue weighted by atomic mass is 9.76. The normalized spacial score (nSPS) is 39.7. The molecule has 0 bridgehead atoms. The first-order valence-electron chi connectivity index (χ1n) is 5.46. The second kappa shape index (κ2) is 4.41. The Balaban J connectivity index is 0.000000845. The van der Waals surface area contributed by atoms with Gasteiger partial charge in [-0.15, -0.1) is 0 Å². The Morgan fingerprint density at radius 3 is 2.38 bits per heavy atom. The van der Waals surface area contributed by atoms with Gasteiger partial charge < -0.3 is 4.90 Å². The highest BCUT2D eigenvalue weighted by Crippen LogP contribution is 2.34. The van der Waals surface area contributed by atoms with Crippen molar-refractivity contribution < 1.29 is 6.13 Å². The highest BCUT2D eigenvalue weighted by molar-refractivity contribution is 4.81. The van der Waals surface area contributed by atoms with Gasteiger partial charge in [0.2, 0.25) is 0 Å². The third-order valence-corrected chi connectivity index (χ3v) is 3.50. The van der Waals surface area contributed by atoms with Gasteiger partial charge in [-0.25, -0.2) is 0 Å². The third-order valence-electron chi connectivity index (χ3n) is 3.50. The first kappa shape index (κ1) is 11.0. The zero-order valence-electron chi connectivity index (χ0n) is 8.83. The van der Waals surface area contributed by atoms with Crippen LogP contribution >= 0.6 is 0 Å². The molecule has 0 aromatic heterocycles. The Labute approximate surface area is 82.4 Å². The van der Waals surface area contributed by atoms with E-state index in [0.717, 1.165) is 17.8 Å². The van der Waals surface area contributed by atoms with Crippen LogP contribution in [0.5, 0.6) is 0 Å². The smallest absolute Gasteiger partial charge is 0.000997 e. The number of likely N-dealkylation sites (tertiary alicyclic amines) is 1. The van der Waals surface area contributed by atoms with Crippen LogP contribution in [0.2, 0.25) is 0 Å². The van der Waals surface area contributed by atoms with E-state index >= 15 is 0 Å². The average Bonchev–Trinajstić information content (AvgIpc) is 2.33. The van der Waals surface area contributed by atoms with Crippen molar-refractivity contribution in [2.75, 3.05) is 19.6 Å². The maximum absolute atomic E-state index is 2.67. The van der Waals surface area contributed by atoms with E-state index in [9.17, 15) is 0 Å². The molecule has 0 unspecified atom stereocenters. The summed E-state index contributed by atoms with van der Waals surface area (Å²) in [6, 6.07) is 0. The quantitative estimate of drug-likeness (QED) is 0.645. The molecular weight excluding hydrogens is 165 g/mol. The molecule has 2 rings (SSSR count). The predicted molar refractivity (Wildman–Crippen MR) is 56.7 cm³/mol. The van der Waals surface area contributed by atoms with Gasteiger partial charge in [-0.05, 0) is 43.6 Å². The molecule has 2 aliphatic rings. The molecule has 2 heteroatoms. The van der Waals surface area contributed by atoms with Crippen molar-refractivity contribution in [1.29, 1.82) is 0 Å². The molecule has 1 aliphatic carbocycles. The Morgan fingerprint density at radius 2 is 1.92 bits per heavy atom. The summed E-state index contributed by atoms with van der Waals surface area (Å²) in [7, 11) is 0. The van der Waals surface area contributed by atoms with Gasteiger partial charge in [0.25, 0.3) is 0 Å². The minimum atomic E-state index is 0. The van der Waals surface area contributed by atoms with E-state index in [4.69, 9.17) is 0 Å². The van der Waals surface area contributed by atoms with E-state index < -0.39 is 0 Å². The summed E-state index contributed by atoms with van der Waals surface area (Å²) in [6.45, 7) is 8.89. The van der Waals surface area contributed by atoms with Gasteiger partial charge in [0.1, 0.15) is 0 Å². The van der Waals surface area contributed by atoms with Crippen LogP contribution < -0.4 is 0 Å². The summed E-state index contributed by atoms with van der Waals surface area (Å²) >= 11 is 0. The molecule has 0 amide bonds. The molecule has 0 spiro atoms. The van der Waals surface area contributed by atoms with Crippen LogP contribution in [-0.2, 0) is 0 Å². The van der Waals surface area contributed by atoms with Crippen molar-refractivity contribution in [1.82, 2.24) is 4.90 Å². The summed E-state index contributed by atoms with van der Waals surface area (Å²) in [5.74, 6) is 3.03. The molecule has 2 fully saturated rings. The number of hydrogen-bond acceptors (Lipinski definition) is 1. The van der Waals surface area contributed by atoms with E-state index in [1.165, 1.54) is 38.9 Å². The Hall–Kier alpha value is -0.110. The van der Waals surface area contributed by atoms with Gasteiger partial charge in [0.05, 0.1) is 0 Å². The molecule has 1 heterocycles. The lowest BCUT2D eigenvalue weighted by Crippen LogP contribution is -2.34. The monoisotopic (exact) mass is 189 g/mol. The van der Waals surface area contributed by atoms with Gasteiger partial charge >= 0.3 is 0 Å². The molecule has 80 valence electrons. The minimum Gasteiger partial charge on any atom is -0.303 e. The van der Waals surface area contributed by atoms with Crippen molar-refractivity contribution in [3.63, 3.8) is 0 Å². The van der Waals surface area contributed by atoms with E-state index in [-0.39, 0.29) is 6.13 Å². The Bertz CT molecular complexity index is 159. The molecule has 1 saturated carbocycles. The van der Waals surface area contributed by atoms with E-state index in [1.807, 2.05) is 0 Å². The molecule has 1 atom stereocenters. The van der Waals surface area contributed by atoms with Gasteiger partial charge in [-0.3, -0.25) is 4.70 Å². The van der Waals surface area contributed by atoms with Crippen LogP contribution in [-0.4, -0.2) is 24.5 Å². The third kappa shape index (κ3) is 2.67. The van der Waals surface area contributed by atoms with Crippen LogP contribution in [0.3, 0.4) is 0 Å². The van der Waals surface area contributed by atoms with Crippen molar-refractivity contribution >= 4 is 0 Å². The van der Waals surface area contributed by atoms with E-state index in [1.54, 1.807) is 0 Å².